The average Bonchev–Trinajstić information content (AvgIpc) is 2.99. The minimum atomic E-state index is -3.42. The van der Waals surface area contributed by atoms with Crippen LogP contribution in [0.3, 0.4) is 0 Å². The number of sulfonamides is 1. The number of hydrogen-bond donors (Lipinski definition) is 2. The number of nitrogen functional groups attached to an aromatic ring is 1. The number of benzene rings is 1. The molecule has 0 heterocycles. The number of hydrogen-bond acceptors (Lipinski definition) is 4. The summed E-state index contributed by atoms with van der Waals surface area (Å²) in [6, 6.07) is 4.82. The Morgan fingerprint density at radius 2 is 1.94 bits per heavy atom. The number of nitrogens with zero attached hydrogens (tertiary/aromatic N) is 1. The Morgan fingerprint density at radius 3 is 2.39 bits per heavy atom. The van der Waals surface area contributed by atoms with Crippen LogP contribution in [-0.4, -0.2) is 32.4 Å². The highest BCUT2D eigenvalue weighted by atomic mass is 32.2. The number of rotatable bonds is 4. The number of nitrogens with one attached hydrogen (secondary N) is 1. The van der Waals surface area contributed by atoms with Crippen LogP contribution < -0.4 is 11.1 Å². The Kier molecular flexibility index (Phi) is 3.03. The highest BCUT2D eigenvalue weighted by molar-refractivity contribution is 7.89. The Morgan fingerprint density at radius 1 is 1.33 bits per heavy atom. The minimum Gasteiger partial charge on any atom is -0.397 e. The lowest BCUT2D eigenvalue weighted by Crippen LogP contribution is -2.22. The molecule has 18 heavy (non-hydrogen) atoms. The van der Waals surface area contributed by atoms with Crippen LogP contribution in [0, 0.1) is 0 Å². The Bertz CT molecular complexity index is 563. The Hall–Kier alpha value is -1.27. The summed E-state index contributed by atoms with van der Waals surface area (Å²) in [7, 11) is -0.413. The zero-order valence-electron chi connectivity index (χ0n) is 10.9. The molecule has 1 aromatic carbocycles. The number of anilines is 2. The maximum atomic E-state index is 11.9. The van der Waals surface area contributed by atoms with Crippen molar-refractivity contribution in [1.82, 2.24) is 4.31 Å². The molecule has 0 aromatic heterocycles. The van der Waals surface area contributed by atoms with E-state index in [0.717, 1.165) is 18.5 Å². The summed E-state index contributed by atoms with van der Waals surface area (Å²) >= 11 is 0. The molecule has 0 amide bonds. The molecular weight excluding hydrogens is 250 g/mol. The van der Waals surface area contributed by atoms with E-state index in [0.29, 0.717) is 5.69 Å². The fourth-order valence-corrected chi connectivity index (χ4v) is 2.60. The molecule has 100 valence electrons. The van der Waals surface area contributed by atoms with E-state index in [1.54, 1.807) is 12.1 Å². The van der Waals surface area contributed by atoms with Gasteiger partial charge >= 0.3 is 0 Å². The Balaban J connectivity index is 2.30. The lowest BCUT2D eigenvalue weighted by molar-refractivity contribution is 0.521. The Labute approximate surface area is 108 Å². The highest BCUT2D eigenvalue weighted by Crippen LogP contribution is 2.39. The third-order valence-electron chi connectivity index (χ3n) is 3.24. The molecule has 1 aromatic rings. The average molecular weight is 269 g/mol. The monoisotopic (exact) mass is 269 g/mol. The fraction of sp³-hybridized carbons (Fsp3) is 0.500. The summed E-state index contributed by atoms with van der Waals surface area (Å²) in [4.78, 5) is 0.219. The maximum absolute atomic E-state index is 11.9. The lowest BCUT2D eigenvalue weighted by Gasteiger charge is -2.17. The van der Waals surface area contributed by atoms with Gasteiger partial charge in [0.05, 0.1) is 16.3 Å². The van der Waals surface area contributed by atoms with Crippen molar-refractivity contribution in [3.63, 3.8) is 0 Å². The smallest absolute Gasteiger partial charge is 0.242 e. The SMILES string of the molecule is CN(C)S(=O)(=O)c1ccc(NC2(C)CC2)c(N)c1. The van der Waals surface area contributed by atoms with Crippen LogP contribution >= 0.6 is 0 Å². The van der Waals surface area contributed by atoms with E-state index in [1.165, 1.54) is 24.5 Å². The van der Waals surface area contributed by atoms with Crippen molar-refractivity contribution in [2.45, 2.75) is 30.2 Å². The zero-order chi connectivity index (χ0) is 13.6. The second kappa shape index (κ2) is 4.13. The first-order chi connectivity index (χ1) is 8.24. The van der Waals surface area contributed by atoms with E-state index in [2.05, 4.69) is 12.2 Å². The molecule has 2 rings (SSSR count). The molecule has 1 fully saturated rings. The summed E-state index contributed by atoms with van der Waals surface area (Å²) < 4.78 is 25.1. The summed E-state index contributed by atoms with van der Waals surface area (Å²) in [6.45, 7) is 2.12. The summed E-state index contributed by atoms with van der Waals surface area (Å²) in [5.41, 5.74) is 7.29. The summed E-state index contributed by atoms with van der Waals surface area (Å²) in [6.07, 6.45) is 2.23. The standard InChI is InChI=1S/C12H19N3O2S/c1-12(6-7-12)14-11-5-4-9(8-10(11)13)18(16,17)15(2)3/h4-5,8,14H,6-7,13H2,1-3H3. The van der Waals surface area contributed by atoms with Gasteiger partial charge in [-0.3, -0.25) is 0 Å². The van der Waals surface area contributed by atoms with Crippen molar-refractivity contribution < 1.29 is 8.42 Å². The maximum Gasteiger partial charge on any atom is 0.242 e. The van der Waals surface area contributed by atoms with E-state index < -0.39 is 10.0 Å². The quantitative estimate of drug-likeness (QED) is 0.812. The zero-order valence-corrected chi connectivity index (χ0v) is 11.7. The third kappa shape index (κ3) is 2.44. The van der Waals surface area contributed by atoms with E-state index in [9.17, 15) is 8.42 Å². The van der Waals surface area contributed by atoms with Crippen LogP contribution in [0.25, 0.3) is 0 Å². The molecule has 0 atom stereocenters. The molecule has 6 heteroatoms. The van der Waals surface area contributed by atoms with Gasteiger partial charge in [-0.2, -0.15) is 0 Å². The third-order valence-corrected chi connectivity index (χ3v) is 5.05. The van der Waals surface area contributed by atoms with Crippen molar-refractivity contribution in [3.8, 4) is 0 Å². The molecule has 0 spiro atoms. The molecule has 5 nitrogen and oxygen atoms in total. The van der Waals surface area contributed by atoms with Gasteiger partial charge in [0.1, 0.15) is 0 Å². The van der Waals surface area contributed by atoms with Crippen LogP contribution in [0.4, 0.5) is 11.4 Å². The molecule has 1 saturated carbocycles. The highest BCUT2D eigenvalue weighted by Gasteiger charge is 2.37. The van der Waals surface area contributed by atoms with E-state index in [4.69, 9.17) is 5.73 Å². The van der Waals surface area contributed by atoms with Gasteiger partial charge in [-0.25, -0.2) is 12.7 Å². The minimum absolute atomic E-state index is 0.121. The fourth-order valence-electron chi connectivity index (χ4n) is 1.66. The normalized spacial score (nSPS) is 17.8. The van der Waals surface area contributed by atoms with E-state index >= 15 is 0 Å². The summed E-state index contributed by atoms with van der Waals surface area (Å²) in [5.74, 6) is 0. The summed E-state index contributed by atoms with van der Waals surface area (Å²) in [5, 5.41) is 3.33. The second-order valence-electron chi connectivity index (χ2n) is 5.22. The van der Waals surface area contributed by atoms with Gasteiger partial charge in [-0.05, 0) is 38.0 Å². The van der Waals surface area contributed by atoms with Crippen LogP contribution in [0.2, 0.25) is 0 Å². The van der Waals surface area contributed by atoms with Gasteiger partial charge in [0.2, 0.25) is 10.0 Å². The van der Waals surface area contributed by atoms with Gasteiger partial charge in [-0.15, -0.1) is 0 Å². The molecule has 0 saturated heterocycles. The molecular formula is C12H19N3O2S. The van der Waals surface area contributed by atoms with Gasteiger partial charge in [0.15, 0.2) is 0 Å². The number of nitrogens with two attached hydrogens (primary N) is 1. The molecule has 0 radical (unpaired) electrons. The molecule has 1 aliphatic carbocycles. The van der Waals surface area contributed by atoms with Gasteiger partial charge in [0.25, 0.3) is 0 Å². The van der Waals surface area contributed by atoms with Crippen molar-refractivity contribution in [3.05, 3.63) is 18.2 Å². The largest absolute Gasteiger partial charge is 0.397 e. The van der Waals surface area contributed by atoms with Crippen molar-refractivity contribution in [2.75, 3.05) is 25.1 Å². The van der Waals surface area contributed by atoms with Crippen molar-refractivity contribution in [1.29, 1.82) is 0 Å². The molecule has 0 unspecified atom stereocenters. The topological polar surface area (TPSA) is 75.4 Å². The van der Waals surface area contributed by atoms with Crippen molar-refractivity contribution in [2.24, 2.45) is 0 Å². The van der Waals surface area contributed by atoms with Crippen LogP contribution in [-0.2, 0) is 10.0 Å². The second-order valence-corrected chi connectivity index (χ2v) is 7.37. The predicted molar refractivity (Wildman–Crippen MR) is 73.0 cm³/mol. The van der Waals surface area contributed by atoms with E-state index in [1.807, 2.05) is 0 Å². The van der Waals surface area contributed by atoms with Gasteiger partial charge < -0.3 is 11.1 Å². The molecule has 1 aliphatic rings. The van der Waals surface area contributed by atoms with Crippen LogP contribution in [0.1, 0.15) is 19.8 Å². The molecule has 0 bridgehead atoms. The van der Waals surface area contributed by atoms with Crippen LogP contribution in [0.15, 0.2) is 23.1 Å². The van der Waals surface area contributed by atoms with E-state index in [-0.39, 0.29) is 10.4 Å². The first-order valence-electron chi connectivity index (χ1n) is 5.85. The first kappa shape index (κ1) is 13.2. The molecule has 3 N–H and O–H groups in total. The van der Waals surface area contributed by atoms with Gasteiger partial charge in [-0.1, -0.05) is 0 Å². The van der Waals surface area contributed by atoms with Gasteiger partial charge in [0, 0.05) is 19.6 Å². The predicted octanol–water partition coefficient (Wildman–Crippen LogP) is 1.48. The molecule has 0 aliphatic heterocycles. The van der Waals surface area contributed by atoms with Crippen molar-refractivity contribution >= 4 is 21.4 Å². The van der Waals surface area contributed by atoms with Crippen LogP contribution in [0.5, 0.6) is 0 Å². The lowest BCUT2D eigenvalue weighted by atomic mass is 10.2. The first-order valence-corrected chi connectivity index (χ1v) is 7.29.